The predicted molar refractivity (Wildman–Crippen MR) is 110 cm³/mol. The minimum atomic E-state index is 0.0768. The average Bonchev–Trinajstić information content (AvgIpc) is 3.10. The molecule has 1 aromatic carbocycles. The molecule has 0 bridgehead atoms. The molecule has 2 aromatic rings. The lowest BCUT2D eigenvalue weighted by molar-refractivity contribution is 0.0308. The van der Waals surface area contributed by atoms with Crippen LogP contribution in [0.3, 0.4) is 0 Å². The molecule has 0 atom stereocenters. The highest BCUT2D eigenvalue weighted by atomic mass is 16.5. The summed E-state index contributed by atoms with van der Waals surface area (Å²) >= 11 is 0. The Morgan fingerprint density at radius 1 is 0.966 bits per heavy atom. The van der Waals surface area contributed by atoms with E-state index in [-0.39, 0.29) is 12.1 Å². The van der Waals surface area contributed by atoms with Crippen molar-refractivity contribution in [3.05, 3.63) is 42.7 Å². The summed E-state index contributed by atoms with van der Waals surface area (Å²) in [5.74, 6) is 0.837. The zero-order valence-corrected chi connectivity index (χ0v) is 16.8. The molecule has 1 saturated carbocycles. The molecule has 0 radical (unpaired) electrons. The minimum Gasteiger partial charge on any atom is -0.487 e. The summed E-state index contributed by atoms with van der Waals surface area (Å²) in [6, 6.07) is 10.8. The highest BCUT2D eigenvalue weighted by Gasteiger charge is 2.36. The van der Waals surface area contributed by atoms with E-state index in [2.05, 4.69) is 10.00 Å². The van der Waals surface area contributed by atoms with Gasteiger partial charge in [0.05, 0.1) is 18.8 Å². The Bertz CT molecular complexity index is 812. The van der Waals surface area contributed by atoms with Gasteiger partial charge in [-0.05, 0) is 49.6 Å². The maximum atomic E-state index is 12.8. The quantitative estimate of drug-likeness (QED) is 0.799. The molecule has 154 valence electrons. The fourth-order valence-electron chi connectivity index (χ4n) is 4.41. The van der Waals surface area contributed by atoms with Gasteiger partial charge in [0.2, 0.25) is 0 Å². The van der Waals surface area contributed by atoms with Gasteiger partial charge in [0.15, 0.2) is 0 Å². The standard InChI is InChI=1S/C22H29N5O2/c28-22(25-12-3-11-24(14-15-25)18-4-1-5-18)26-16-21(17-26)29-20-8-6-19(7-9-20)27-13-2-10-23-27/h2,6-10,13,18,21H,1,3-5,11-12,14-17H2. The number of hydrogen-bond acceptors (Lipinski definition) is 4. The van der Waals surface area contributed by atoms with E-state index in [0.717, 1.165) is 50.1 Å². The molecule has 29 heavy (non-hydrogen) atoms. The molecule has 0 unspecified atom stereocenters. The van der Waals surface area contributed by atoms with Gasteiger partial charge in [-0.1, -0.05) is 6.42 Å². The number of nitrogens with zero attached hydrogens (tertiary/aromatic N) is 5. The summed E-state index contributed by atoms with van der Waals surface area (Å²) in [6.45, 7) is 5.22. The van der Waals surface area contributed by atoms with Crippen LogP contribution in [0.5, 0.6) is 5.75 Å². The van der Waals surface area contributed by atoms with Gasteiger partial charge in [0.1, 0.15) is 11.9 Å². The van der Waals surface area contributed by atoms with Gasteiger partial charge >= 0.3 is 6.03 Å². The Kier molecular flexibility index (Phi) is 5.14. The summed E-state index contributed by atoms with van der Waals surface area (Å²) in [4.78, 5) is 19.4. The van der Waals surface area contributed by atoms with Crippen molar-refractivity contribution in [2.45, 2.75) is 37.8 Å². The molecule has 7 nitrogen and oxygen atoms in total. The Labute approximate surface area is 171 Å². The molecule has 1 aliphatic carbocycles. The van der Waals surface area contributed by atoms with Crippen LogP contribution in [-0.2, 0) is 0 Å². The number of hydrogen-bond donors (Lipinski definition) is 0. The number of carbonyl (C=O) groups is 1. The van der Waals surface area contributed by atoms with Crippen molar-refractivity contribution in [2.24, 2.45) is 0 Å². The molecule has 2 saturated heterocycles. The van der Waals surface area contributed by atoms with E-state index in [1.54, 1.807) is 6.20 Å². The molecule has 2 amide bonds. The lowest BCUT2D eigenvalue weighted by Gasteiger charge is -2.41. The Morgan fingerprint density at radius 2 is 1.79 bits per heavy atom. The molecular weight excluding hydrogens is 366 g/mol. The normalized spacial score (nSPS) is 21.4. The first kappa shape index (κ1) is 18.5. The number of urea groups is 1. The summed E-state index contributed by atoms with van der Waals surface area (Å²) in [5, 5.41) is 4.23. The van der Waals surface area contributed by atoms with E-state index in [1.807, 2.05) is 51.0 Å². The zero-order chi connectivity index (χ0) is 19.6. The van der Waals surface area contributed by atoms with Gasteiger partial charge in [0.25, 0.3) is 0 Å². The van der Waals surface area contributed by atoms with Crippen LogP contribution >= 0.6 is 0 Å². The van der Waals surface area contributed by atoms with Gasteiger partial charge < -0.3 is 14.5 Å². The van der Waals surface area contributed by atoms with Crippen LogP contribution in [0.1, 0.15) is 25.7 Å². The van der Waals surface area contributed by atoms with Crippen LogP contribution in [0.15, 0.2) is 42.7 Å². The molecular formula is C22H29N5O2. The van der Waals surface area contributed by atoms with Crippen molar-refractivity contribution in [3.8, 4) is 11.4 Å². The molecule has 3 heterocycles. The van der Waals surface area contributed by atoms with E-state index in [0.29, 0.717) is 13.1 Å². The second-order valence-corrected chi connectivity index (χ2v) is 8.33. The monoisotopic (exact) mass is 395 g/mol. The van der Waals surface area contributed by atoms with Crippen LogP contribution in [0, 0.1) is 0 Å². The van der Waals surface area contributed by atoms with Crippen LogP contribution in [0.4, 0.5) is 4.79 Å². The Balaban J connectivity index is 1.09. The topological polar surface area (TPSA) is 53.8 Å². The van der Waals surface area contributed by atoms with Gasteiger partial charge in [-0.25, -0.2) is 9.48 Å². The van der Waals surface area contributed by atoms with Crippen molar-refractivity contribution >= 4 is 6.03 Å². The number of likely N-dealkylation sites (tertiary alicyclic amines) is 1. The SMILES string of the molecule is O=C(N1CCCN(C2CCC2)CC1)N1CC(Oc2ccc(-n3cccn3)cc2)C1. The third-order valence-electron chi connectivity index (χ3n) is 6.42. The molecule has 3 aliphatic rings. The third kappa shape index (κ3) is 3.96. The van der Waals surface area contributed by atoms with Crippen LogP contribution in [0.25, 0.3) is 5.69 Å². The van der Waals surface area contributed by atoms with Crippen molar-refractivity contribution in [2.75, 3.05) is 39.3 Å². The molecule has 5 rings (SSSR count). The molecule has 7 heteroatoms. The van der Waals surface area contributed by atoms with Crippen LogP contribution in [0.2, 0.25) is 0 Å². The number of rotatable bonds is 4. The lowest BCUT2D eigenvalue weighted by Crippen LogP contribution is -2.60. The summed E-state index contributed by atoms with van der Waals surface area (Å²) in [5.41, 5.74) is 1.00. The maximum absolute atomic E-state index is 12.8. The zero-order valence-electron chi connectivity index (χ0n) is 16.8. The van der Waals surface area contributed by atoms with E-state index in [9.17, 15) is 4.79 Å². The van der Waals surface area contributed by atoms with E-state index >= 15 is 0 Å². The van der Waals surface area contributed by atoms with Gasteiger partial charge in [-0.2, -0.15) is 5.10 Å². The van der Waals surface area contributed by atoms with Crippen molar-refractivity contribution < 1.29 is 9.53 Å². The van der Waals surface area contributed by atoms with Crippen molar-refractivity contribution in [3.63, 3.8) is 0 Å². The number of benzene rings is 1. The molecule has 3 fully saturated rings. The van der Waals surface area contributed by atoms with Crippen LogP contribution in [-0.4, -0.2) is 81.9 Å². The number of aromatic nitrogens is 2. The molecule has 2 aliphatic heterocycles. The Morgan fingerprint density at radius 3 is 2.48 bits per heavy atom. The van der Waals surface area contributed by atoms with Gasteiger partial charge in [-0.3, -0.25) is 4.90 Å². The number of carbonyl (C=O) groups excluding carboxylic acids is 1. The summed E-state index contributed by atoms with van der Waals surface area (Å²) < 4.78 is 7.86. The first-order valence-corrected chi connectivity index (χ1v) is 10.8. The molecule has 0 N–H and O–H groups in total. The molecule has 1 aromatic heterocycles. The van der Waals surface area contributed by atoms with Crippen LogP contribution < -0.4 is 4.74 Å². The van der Waals surface area contributed by atoms with Gasteiger partial charge in [0, 0.05) is 44.6 Å². The highest BCUT2D eigenvalue weighted by molar-refractivity contribution is 5.75. The van der Waals surface area contributed by atoms with Gasteiger partial charge in [-0.15, -0.1) is 0 Å². The Hall–Kier alpha value is -2.54. The van der Waals surface area contributed by atoms with E-state index < -0.39 is 0 Å². The smallest absolute Gasteiger partial charge is 0.320 e. The van der Waals surface area contributed by atoms with E-state index in [4.69, 9.17) is 4.74 Å². The minimum absolute atomic E-state index is 0.0768. The fraction of sp³-hybridized carbons (Fsp3) is 0.545. The van der Waals surface area contributed by atoms with Crippen molar-refractivity contribution in [1.29, 1.82) is 0 Å². The highest BCUT2D eigenvalue weighted by Crippen LogP contribution is 2.26. The number of ether oxygens (including phenoxy) is 1. The third-order valence-corrected chi connectivity index (χ3v) is 6.42. The number of amides is 2. The average molecular weight is 396 g/mol. The summed E-state index contributed by atoms with van der Waals surface area (Å²) in [6.07, 6.45) is 8.88. The largest absolute Gasteiger partial charge is 0.487 e. The first-order valence-electron chi connectivity index (χ1n) is 10.8. The van der Waals surface area contributed by atoms with E-state index in [1.165, 1.54) is 19.3 Å². The first-order chi connectivity index (χ1) is 14.3. The lowest BCUT2D eigenvalue weighted by atomic mass is 9.91. The predicted octanol–water partition coefficient (Wildman–Crippen LogP) is 2.62. The summed E-state index contributed by atoms with van der Waals surface area (Å²) in [7, 11) is 0. The fourth-order valence-corrected chi connectivity index (χ4v) is 4.41. The maximum Gasteiger partial charge on any atom is 0.320 e. The second-order valence-electron chi connectivity index (χ2n) is 8.33. The van der Waals surface area contributed by atoms with Crippen molar-refractivity contribution in [1.82, 2.24) is 24.5 Å². The molecule has 0 spiro atoms. The second kappa shape index (κ2) is 8.06.